The third-order valence-electron chi connectivity index (χ3n) is 8.22. The number of aryl methyl sites for hydroxylation is 1. The van der Waals surface area contributed by atoms with Crippen LogP contribution in [-0.2, 0) is 21.1 Å². The van der Waals surface area contributed by atoms with Crippen LogP contribution in [0.15, 0.2) is 128 Å². The molecule has 0 saturated heterocycles. The van der Waals surface area contributed by atoms with Crippen molar-refractivity contribution in [1.82, 2.24) is 9.55 Å². The Morgan fingerprint density at radius 2 is 1.46 bits per heavy atom. The van der Waals surface area contributed by atoms with Gasteiger partial charge < -0.3 is 9.47 Å². The molecule has 0 fully saturated rings. The minimum Gasteiger partial charge on any atom is -0.358 e. The number of aromatic nitrogens is 2. The largest absolute Gasteiger partial charge is 0.358 e. The monoisotopic (exact) mass is 781 g/mol. The van der Waals surface area contributed by atoms with Crippen LogP contribution in [-0.4, -0.2) is 20.5 Å². The zero-order valence-corrected chi connectivity index (χ0v) is 28.0. The molecule has 0 spiro atoms. The van der Waals surface area contributed by atoms with Crippen LogP contribution in [0.4, 0.5) is 34.1 Å². The summed E-state index contributed by atoms with van der Waals surface area (Å²) in [6.45, 7) is 6.40. The van der Waals surface area contributed by atoms with Crippen LogP contribution >= 0.6 is 0 Å². The first-order valence-corrected chi connectivity index (χ1v) is 15.2. The second-order valence-electron chi connectivity index (χ2n) is 11.6. The molecular weight excluding hydrogens is 750 g/mol. The fraction of sp³-hybridized carbons (Fsp3) is 0.103. The summed E-state index contributed by atoms with van der Waals surface area (Å²) in [5.74, 6) is 0.874. The minimum atomic E-state index is 0. The van der Waals surface area contributed by atoms with E-state index in [2.05, 4.69) is 157 Å². The van der Waals surface area contributed by atoms with Gasteiger partial charge in [-0.2, -0.15) is 17.1 Å². The standard InChI is InChI=1S/C39H31N5O.Pt/c1-27(2)43-36-18-9-10-19-37(36)44(45-43)32-15-11-14-30(25-32)41(29-12-5-4-6-13-29)31-20-21-34-33-16-7-8-17-35(33)42(38(34)26-31)39-24-28(3)22-23-40-39;/h4-24,27H,1-3H3;/q-2;/p+1. The van der Waals surface area contributed by atoms with Crippen molar-refractivity contribution >= 4 is 55.9 Å². The van der Waals surface area contributed by atoms with Gasteiger partial charge in [0.2, 0.25) is 0 Å². The number of rotatable bonds is 6. The summed E-state index contributed by atoms with van der Waals surface area (Å²) < 4.78 is 2.21. The summed E-state index contributed by atoms with van der Waals surface area (Å²) in [6, 6.07) is 49.7. The number of nitrogens with zero attached hydrogens (tertiary/aromatic N) is 5. The molecule has 0 radical (unpaired) electrons. The quantitative estimate of drug-likeness (QED) is 0.125. The van der Waals surface area contributed by atoms with Gasteiger partial charge in [0.25, 0.3) is 0 Å². The third-order valence-corrected chi connectivity index (χ3v) is 8.22. The van der Waals surface area contributed by atoms with Gasteiger partial charge in [0.05, 0.1) is 6.04 Å². The maximum atomic E-state index is 4.99. The first kappa shape index (κ1) is 29.8. The molecule has 1 aliphatic heterocycles. The molecule has 46 heavy (non-hydrogen) atoms. The summed E-state index contributed by atoms with van der Waals surface area (Å²) in [5, 5.41) is 6.34. The Labute approximate surface area is 283 Å². The number of fused-ring (bicyclic) bond motifs is 4. The molecule has 0 aliphatic carbocycles. The van der Waals surface area contributed by atoms with Crippen molar-refractivity contribution in [3.05, 3.63) is 145 Å². The average molecular weight is 782 g/mol. The SMILES string of the molecule is Cc1ccnc(-n2c3[c-]c(N(c4[c-]c(N5[OH+]N(C(C)C)c6ccccc65)ccc4)c4ccccc4)ccc3c3ccccc32)c1.[Pt]. The number of hydrogen-bond donors (Lipinski definition) is 0. The smallest absolute Gasteiger partial charge is 0.145 e. The summed E-state index contributed by atoms with van der Waals surface area (Å²) in [4.78, 5) is 12.0. The average Bonchev–Trinajstić information content (AvgIpc) is 3.62. The third kappa shape index (κ3) is 5.04. The van der Waals surface area contributed by atoms with Crippen LogP contribution in [0.2, 0.25) is 0 Å². The van der Waals surface area contributed by atoms with Gasteiger partial charge in [-0.25, -0.2) is 4.98 Å². The van der Waals surface area contributed by atoms with Crippen molar-refractivity contribution < 1.29 is 26.0 Å². The molecule has 0 atom stereocenters. The Morgan fingerprint density at radius 1 is 0.717 bits per heavy atom. The van der Waals surface area contributed by atoms with E-state index in [1.807, 2.05) is 23.4 Å². The molecular formula is C39H32N5OPt-. The van der Waals surface area contributed by atoms with Gasteiger partial charge >= 0.3 is 0 Å². The van der Waals surface area contributed by atoms with E-state index in [1.165, 1.54) is 5.39 Å². The van der Waals surface area contributed by atoms with Gasteiger partial charge in [-0.15, -0.1) is 45.8 Å². The Kier molecular flexibility index (Phi) is 7.85. The fourth-order valence-corrected chi connectivity index (χ4v) is 6.17. The van der Waals surface area contributed by atoms with Crippen LogP contribution in [0.3, 0.4) is 0 Å². The molecule has 0 saturated carbocycles. The Balaban J connectivity index is 0.00000338. The molecule has 1 N–H and O–H groups in total. The Hall–Kier alpha value is -4.90. The van der Waals surface area contributed by atoms with Gasteiger partial charge in [0, 0.05) is 44.2 Å². The summed E-state index contributed by atoms with van der Waals surface area (Å²) in [6.07, 6.45) is 1.87. The maximum absolute atomic E-state index is 4.99. The van der Waals surface area contributed by atoms with Crippen molar-refractivity contribution in [2.24, 2.45) is 0 Å². The van der Waals surface area contributed by atoms with Crippen LogP contribution in [0.5, 0.6) is 0 Å². The number of pyridine rings is 1. The van der Waals surface area contributed by atoms with E-state index >= 15 is 0 Å². The van der Waals surface area contributed by atoms with Crippen molar-refractivity contribution in [1.29, 1.82) is 0 Å². The molecule has 7 aromatic rings. The molecule has 5 aromatic carbocycles. The van der Waals surface area contributed by atoms with Gasteiger partial charge in [0.15, 0.2) is 0 Å². The second-order valence-corrected chi connectivity index (χ2v) is 11.6. The van der Waals surface area contributed by atoms with Gasteiger partial charge in [-0.3, -0.25) is 0 Å². The topological polar surface area (TPSA) is 40.3 Å². The molecule has 7 heteroatoms. The molecule has 0 amide bonds. The van der Waals surface area contributed by atoms with Gasteiger partial charge in [-0.05, 0) is 74.2 Å². The van der Waals surface area contributed by atoms with Crippen molar-refractivity contribution in [3.8, 4) is 5.82 Å². The van der Waals surface area contributed by atoms with Crippen molar-refractivity contribution in [2.75, 3.05) is 15.0 Å². The zero-order chi connectivity index (χ0) is 30.5. The van der Waals surface area contributed by atoms with E-state index in [4.69, 9.17) is 9.92 Å². The molecule has 6 nitrogen and oxygen atoms in total. The Morgan fingerprint density at radius 3 is 2.26 bits per heavy atom. The first-order valence-electron chi connectivity index (χ1n) is 15.2. The van der Waals surface area contributed by atoms with E-state index in [0.29, 0.717) is 0 Å². The molecule has 1 aliphatic rings. The molecule has 2 aromatic heterocycles. The normalized spacial score (nSPS) is 12.5. The van der Waals surface area contributed by atoms with E-state index in [-0.39, 0.29) is 27.1 Å². The van der Waals surface area contributed by atoms with Gasteiger partial charge in [-0.1, -0.05) is 65.4 Å². The summed E-state index contributed by atoms with van der Waals surface area (Å²) in [5.41, 5.74) is 9.02. The van der Waals surface area contributed by atoms with Crippen molar-refractivity contribution in [2.45, 2.75) is 26.8 Å². The predicted octanol–water partition coefficient (Wildman–Crippen LogP) is 9.76. The minimum absolute atomic E-state index is 0. The number of hydrogen-bond acceptors (Lipinski definition) is 4. The number of para-hydroxylation sites is 4. The zero-order valence-electron chi connectivity index (χ0n) is 25.7. The second kappa shape index (κ2) is 12.1. The van der Waals surface area contributed by atoms with E-state index in [0.717, 1.165) is 61.9 Å². The van der Waals surface area contributed by atoms with Crippen LogP contribution in [0.1, 0.15) is 19.4 Å². The molecule has 0 bridgehead atoms. The van der Waals surface area contributed by atoms with Crippen LogP contribution < -0.4 is 15.0 Å². The van der Waals surface area contributed by atoms with E-state index < -0.39 is 0 Å². The van der Waals surface area contributed by atoms with Crippen LogP contribution in [0.25, 0.3) is 27.6 Å². The number of benzene rings is 5. The van der Waals surface area contributed by atoms with Gasteiger partial charge in [0.1, 0.15) is 17.2 Å². The van der Waals surface area contributed by atoms with Crippen molar-refractivity contribution in [3.63, 3.8) is 0 Å². The Bertz CT molecular complexity index is 2180. The molecule has 8 rings (SSSR count). The maximum Gasteiger partial charge on any atom is 0.145 e. The molecule has 3 heterocycles. The molecule has 230 valence electrons. The number of hydroxylamine groups is 1. The fourth-order valence-electron chi connectivity index (χ4n) is 6.17. The van der Waals surface area contributed by atoms with E-state index in [9.17, 15) is 0 Å². The first-order chi connectivity index (χ1) is 22.1. The van der Waals surface area contributed by atoms with E-state index in [1.54, 1.807) is 0 Å². The predicted molar refractivity (Wildman–Crippen MR) is 184 cm³/mol. The number of anilines is 6. The summed E-state index contributed by atoms with van der Waals surface area (Å²) >= 11 is 0. The van der Waals surface area contributed by atoms with Crippen LogP contribution in [0, 0.1) is 19.1 Å². The molecule has 0 unspecified atom stereocenters. The summed E-state index contributed by atoms with van der Waals surface area (Å²) in [7, 11) is 0.